The summed E-state index contributed by atoms with van der Waals surface area (Å²) in [6.45, 7) is 17.9. The summed E-state index contributed by atoms with van der Waals surface area (Å²) in [5.74, 6) is 0.0146. The van der Waals surface area contributed by atoms with Crippen molar-refractivity contribution in [2.24, 2.45) is 16.7 Å². The summed E-state index contributed by atoms with van der Waals surface area (Å²) in [6, 6.07) is 0.156. The lowest BCUT2D eigenvalue weighted by atomic mass is 9.67. The molecular weight excluding hydrogens is 416 g/mol. The number of rotatable bonds is 9. The van der Waals surface area contributed by atoms with Gasteiger partial charge in [-0.15, -0.1) is 6.58 Å². The average molecular weight is 461 g/mol. The van der Waals surface area contributed by atoms with E-state index in [0.717, 1.165) is 45.2 Å². The van der Waals surface area contributed by atoms with Crippen LogP contribution in [-0.4, -0.2) is 64.2 Å². The van der Waals surface area contributed by atoms with Gasteiger partial charge in [-0.05, 0) is 77.6 Å². The molecule has 0 aromatic rings. The van der Waals surface area contributed by atoms with Crippen LogP contribution in [0.5, 0.6) is 0 Å². The van der Waals surface area contributed by atoms with Gasteiger partial charge in [-0.1, -0.05) is 19.9 Å². The van der Waals surface area contributed by atoms with E-state index in [9.17, 15) is 14.7 Å². The van der Waals surface area contributed by atoms with Crippen molar-refractivity contribution in [1.82, 2.24) is 9.80 Å². The summed E-state index contributed by atoms with van der Waals surface area (Å²) in [5.41, 5.74) is -0.337. The van der Waals surface area contributed by atoms with E-state index in [0.29, 0.717) is 18.0 Å². The minimum Gasteiger partial charge on any atom is -0.458 e. The molecule has 1 saturated heterocycles. The zero-order valence-corrected chi connectivity index (χ0v) is 21.5. The van der Waals surface area contributed by atoms with Crippen molar-refractivity contribution in [3.05, 3.63) is 24.4 Å². The first-order valence-electron chi connectivity index (χ1n) is 12.8. The van der Waals surface area contributed by atoms with Crippen LogP contribution in [-0.2, 0) is 14.3 Å². The van der Waals surface area contributed by atoms with Gasteiger partial charge >= 0.3 is 5.97 Å². The molecule has 4 atom stereocenters. The lowest BCUT2D eigenvalue weighted by Gasteiger charge is -2.45. The smallest absolute Gasteiger partial charge is 0.332 e. The van der Waals surface area contributed by atoms with E-state index < -0.39 is 23.6 Å². The molecule has 3 aliphatic rings. The van der Waals surface area contributed by atoms with Crippen LogP contribution in [0.4, 0.5) is 0 Å². The molecule has 0 radical (unpaired) electrons. The molecule has 1 amide bonds. The minimum atomic E-state index is -0.780. The maximum atomic E-state index is 14.1. The van der Waals surface area contributed by atoms with Crippen LogP contribution < -0.4 is 0 Å². The third kappa shape index (κ3) is 4.48. The molecule has 0 unspecified atom stereocenters. The Kier molecular flexibility index (Phi) is 7.67. The summed E-state index contributed by atoms with van der Waals surface area (Å²) >= 11 is 0. The molecule has 1 N–H and O–H groups in total. The van der Waals surface area contributed by atoms with Crippen molar-refractivity contribution in [3.63, 3.8) is 0 Å². The van der Waals surface area contributed by atoms with E-state index in [1.165, 1.54) is 6.08 Å². The van der Waals surface area contributed by atoms with Crippen LogP contribution in [0.15, 0.2) is 24.4 Å². The van der Waals surface area contributed by atoms with Crippen LogP contribution in [0.3, 0.4) is 0 Å². The first kappa shape index (κ1) is 25.8. The Hall–Kier alpha value is -1.82. The third-order valence-corrected chi connectivity index (χ3v) is 8.56. The van der Waals surface area contributed by atoms with Gasteiger partial charge in [0.15, 0.2) is 0 Å². The Balaban J connectivity index is 1.90. The maximum Gasteiger partial charge on any atom is 0.332 e. The van der Waals surface area contributed by atoms with Gasteiger partial charge in [-0.3, -0.25) is 4.79 Å². The van der Waals surface area contributed by atoms with Crippen LogP contribution in [0, 0.1) is 16.7 Å². The number of hydrogen-bond acceptors (Lipinski definition) is 5. The number of ether oxygens (including phenoxy) is 1. The number of carbonyl (C=O) groups excluding carboxylic acids is 2. The molecule has 33 heavy (non-hydrogen) atoms. The number of nitrogens with zero attached hydrogens (tertiary/aromatic N) is 2. The number of aliphatic hydroxyl groups is 1. The highest BCUT2D eigenvalue weighted by molar-refractivity contribution is 5.88. The highest BCUT2D eigenvalue weighted by atomic mass is 16.5. The quantitative estimate of drug-likeness (QED) is 0.316. The van der Waals surface area contributed by atoms with Crippen molar-refractivity contribution < 1.29 is 19.4 Å². The fourth-order valence-corrected chi connectivity index (χ4v) is 6.81. The van der Waals surface area contributed by atoms with Crippen molar-refractivity contribution in [2.45, 2.75) is 104 Å². The van der Waals surface area contributed by atoms with E-state index in [1.54, 1.807) is 6.08 Å². The van der Waals surface area contributed by atoms with Crippen LogP contribution in [0.25, 0.3) is 0 Å². The second-order valence-electron chi connectivity index (χ2n) is 11.3. The lowest BCUT2D eigenvalue weighted by molar-refractivity contribution is -0.168. The first-order chi connectivity index (χ1) is 15.5. The van der Waals surface area contributed by atoms with Gasteiger partial charge in [-0.25, -0.2) is 4.79 Å². The number of likely N-dealkylation sites (tertiary alicyclic amines) is 1. The van der Waals surface area contributed by atoms with Gasteiger partial charge in [0.1, 0.15) is 6.10 Å². The van der Waals surface area contributed by atoms with Crippen LogP contribution >= 0.6 is 0 Å². The fourth-order valence-electron chi connectivity index (χ4n) is 6.81. The minimum absolute atomic E-state index is 0.0781. The molecule has 3 fully saturated rings. The first-order valence-corrected chi connectivity index (χ1v) is 12.8. The zero-order valence-electron chi connectivity index (χ0n) is 21.5. The zero-order chi connectivity index (χ0) is 24.6. The molecule has 186 valence electrons. The number of aliphatic hydroxyl groups excluding tert-OH is 1. The molecule has 2 bridgehead atoms. The SMILES string of the molecule is C=CC[C@H](O)/C(=C\C(=O)O[C@@H]1C[C@H]2CC[C@]1(C(=O)N(C(C)C)C(C)C)C2(C)C)N1CCCC1. The summed E-state index contributed by atoms with van der Waals surface area (Å²) < 4.78 is 6.11. The number of amides is 1. The Morgan fingerprint density at radius 1 is 1.18 bits per heavy atom. The van der Waals surface area contributed by atoms with Gasteiger partial charge in [0.2, 0.25) is 5.91 Å². The molecule has 6 heteroatoms. The molecule has 1 aliphatic heterocycles. The number of esters is 1. The fraction of sp³-hybridized carbons (Fsp3) is 0.778. The van der Waals surface area contributed by atoms with E-state index in [2.05, 4.69) is 53.0 Å². The monoisotopic (exact) mass is 460 g/mol. The molecule has 0 aromatic carbocycles. The molecule has 3 rings (SSSR count). The van der Waals surface area contributed by atoms with Crippen LogP contribution in [0.1, 0.15) is 80.1 Å². The van der Waals surface area contributed by atoms with Crippen molar-refractivity contribution >= 4 is 11.9 Å². The van der Waals surface area contributed by atoms with Gasteiger partial charge in [0, 0.05) is 36.9 Å². The van der Waals surface area contributed by atoms with Gasteiger partial charge in [-0.2, -0.15) is 0 Å². The molecule has 2 saturated carbocycles. The largest absolute Gasteiger partial charge is 0.458 e. The van der Waals surface area contributed by atoms with Gasteiger partial charge in [0.25, 0.3) is 0 Å². The second-order valence-corrected chi connectivity index (χ2v) is 11.3. The molecule has 6 nitrogen and oxygen atoms in total. The summed E-state index contributed by atoms with van der Waals surface area (Å²) in [4.78, 5) is 31.3. The Bertz CT molecular complexity index is 773. The number of fused-ring (bicyclic) bond motifs is 2. The van der Waals surface area contributed by atoms with E-state index in [4.69, 9.17) is 4.74 Å². The molecule has 0 spiro atoms. The van der Waals surface area contributed by atoms with E-state index in [1.807, 2.05) is 4.90 Å². The summed E-state index contributed by atoms with van der Waals surface area (Å²) in [7, 11) is 0. The number of hydrogen-bond donors (Lipinski definition) is 1. The Morgan fingerprint density at radius 3 is 2.30 bits per heavy atom. The Labute approximate surface area is 200 Å². The standard InChI is InChI=1S/C27H44N2O4/c1-8-11-22(30)21(28-14-9-10-15-28)17-24(31)33-23-16-20-12-13-27(23,26(20,6)7)25(32)29(18(2)3)19(4)5/h8,17-20,22-23,30H,1,9-16H2,2-7H3/b21-17+/t20-,22+,23-,27+/m1/s1. The molecular formula is C27H44N2O4. The molecule has 0 aromatic heterocycles. The summed E-state index contributed by atoms with van der Waals surface area (Å²) in [5, 5.41) is 10.7. The highest BCUT2D eigenvalue weighted by Crippen LogP contribution is 2.67. The summed E-state index contributed by atoms with van der Waals surface area (Å²) in [6.07, 6.45) is 6.83. The lowest BCUT2D eigenvalue weighted by Crippen LogP contribution is -2.57. The van der Waals surface area contributed by atoms with E-state index >= 15 is 0 Å². The molecule has 1 heterocycles. The average Bonchev–Trinajstić information content (AvgIpc) is 3.38. The predicted octanol–water partition coefficient (Wildman–Crippen LogP) is 4.29. The Morgan fingerprint density at radius 2 is 1.79 bits per heavy atom. The highest BCUT2D eigenvalue weighted by Gasteiger charge is 2.70. The van der Waals surface area contributed by atoms with Crippen molar-refractivity contribution in [1.29, 1.82) is 0 Å². The number of carbonyl (C=O) groups is 2. The molecule has 2 aliphatic carbocycles. The van der Waals surface area contributed by atoms with Crippen molar-refractivity contribution in [2.75, 3.05) is 13.1 Å². The van der Waals surface area contributed by atoms with Crippen LogP contribution in [0.2, 0.25) is 0 Å². The second kappa shape index (κ2) is 9.81. The third-order valence-electron chi connectivity index (χ3n) is 8.56. The van der Waals surface area contributed by atoms with Gasteiger partial charge in [0.05, 0.1) is 11.5 Å². The predicted molar refractivity (Wildman–Crippen MR) is 130 cm³/mol. The maximum absolute atomic E-state index is 14.1. The normalized spacial score (nSPS) is 29.6. The van der Waals surface area contributed by atoms with Gasteiger partial charge < -0.3 is 19.6 Å². The topological polar surface area (TPSA) is 70.1 Å². The van der Waals surface area contributed by atoms with Crippen molar-refractivity contribution in [3.8, 4) is 0 Å². The van der Waals surface area contributed by atoms with E-state index in [-0.39, 0.29) is 23.4 Å².